The number of aryl methyl sites for hydroxylation is 1. The zero-order valence-electron chi connectivity index (χ0n) is 9.76. The average molecular weight is 262 g/mol. The number of rotatable bonds is 2. The minimum atomic E-state index is 0.111. The number of halogens is 1. The number of hydrogen-bond acceptors (Lipinski definition) is 3. The molecule has 0 fully saturated rings. The van der Waals surface area contributed by atoms with Gasteiger partial charge >= 0.3 is 0 Å². The highest BCUT2D eigenvalue weighted by molar-refractivity contribution is 6.30. The number of aliphatic imine (C=N–C) groups is 1. The molecule has 0 aliphatic heterocycles. The molecule has 92 valence electrons. The molecule has 3 nitrogen and oxygen atoms in total. The molecule has 2 rings (SSSR count). The third kappa shape index (κ3) is 2.81. The van der Waals surface area contributed by atoms with E-state index in [1.165, 1.54) is 12.3 Å². The molecule has 0 amide bonds. The Hall–Kier alpha value is -2.00. The summed E-state index contributed by atoms with van der Waals surface area (Å²) < 4.78 is 0. The van der Waals surface area contributed by atoms with Crippen molar-refractivity contribution in [3.05, 3.63) is 52.5 Å². The van der Waals surface area contributed by atoms with Crippen LogP contribution in [0.2, 0.25) is 5.02 Å². The van der Waals surface area contributed by atoms with Gasteiger partial charge in [-0.15, -0.1) is 0 Å². The highest BCUT2D eigenvalue weighted by Crippen LogP contribution is 2.24. The second-order valence-electron chi connectivity index (χ2n) is 3.93. The van der Waals surface area contributed by atoms with Crippen LogP contribution in [0.4, 0.5) is 5.69 Å². The minimum Gasteiger partial charge on any atom is -0.508 e. The van der Waals surface area contributed by atoms with Gasteiger partial charge in [0.2, 0.25) is 0 Å². The van der Waals surface area contributed by atoms with Gasteiger partial charge in [-0.25, -0.2) is 0 Å². The molecule has 0 unspecified atom stereocenters. The zero-order chi connectivity index (χ0) is 13.1. The molecule has 2 N–H and O–H groups in total. The van der Waals surface area contributed by atoms with Gasteiger partial charge in [-0.2, -0.15) is 0 Å². The van der Waals surface area contributed by atoms with E-state index in [0.717, 1.165) is 5.56 Å². The van der Waals surface area contributed by atoms with Crippen LogP contribution in [0.3, 0.4) is 0 Å². The van der Waals surface area contributed by atoms with Crippen molar-refractivity contribution in [1.82, 2.24) is 0 Å². The molecule has 0 atom stereocenters. The number of phenolic OH excluding ortho intramolecular Hbond substituents is 2. The average Bonchev–Trinajstić information content (AvgIpc) is 2.34. The Morgan fingerprint density at radius 3 is 2.56 bits per heavy atom. The summed E-state index contributed by atoms with van der Waals surface area (Å²) >= 11 is 5.83. The summed E-state index contributed by atoms with van der Waals surface area (Å²) in [6.07, 6.45) is 1.51. The molecule has 0 aromatic heterocycles. The van der Waals surface area contributed by atoms with Crippen LogP contribution in [0.1, 0.15) is 11.1 Å². The van der Waals surface area contributed by atoms with E-state index < -0.39 is 0 Å². The maximum Gasteiger partial charge on any atom is 0.124 e. The lowest BCUT2D eigenvalue weighted by Gasteiger charge is -2.01. The molecule has 0 heterocycles. The normalized spacial score (nSPS) is 11.0. The summed E-state index contributed by atoms with van der Waals surface area (Å²) in [6, 6.07) is 9.86. The number of nitrogens with zero attached hydrogens (tertiary/aromatic N) is 1. The van der Waals surface area contributed by atoms with Crippen LogP contribution >= 0.6 is 11.6 Å². The van der Waals surface area contributed by atoms with Gasteiger partial charge in [-0.3, -0.25) is 4.99 Å². The molecule has 0 bridgehead atoms. The van der Waals surface area contributed by atoms with E-state index in [1.807, 2.05) is 6.92 Å². The molecule has 2 aromatic rings. The van der Waals surface area contributed by atoms with Gasteiger partial charge < -0.3 is 10.2 Å². The fraction of sp³-hybridized carbons (Fsp3) is 0.0714. The van der Waals surface area contributed by atoms with Crippen molar-refractivity contribution in [3.8, 4) is 11.5 Å². The fourth-order valence-corrected chi connectivity index (χ4v) is 1.63. The SMILES string of the molecule is Cc1ccc(N=Cc2cc(Cl)ccc2O)cc1O. The van der Waals surface area contributed by atoms with Crippen LogP contribution in [0.25, 0.3) is 0 Å². The summed E-state index contributed by atoms with van der Waals surface area (Å²) in [7, 11) is 0. The molecule has 4 heteroatoms. The van der Waals surface area contributed by atoms with Crippen molar-refractivity contribution in [2.45, 2.75) is 6.92 Å². The van der Waals surface area contributed by atoms with Crippen LogP contribution in [0.15, 0.2) is 41.4 Å². The Balaban J connectivity index is 2.29. The summed E-state index contributed by atoms with van der Waals surface area (Å²) in [5.74, 6) is 0.305. The Kier molecular flexibility index (Phi) is 3.53. The van der Waals surface area contributed by atoms with Crippen LogP contribution in [0.5, 0.6) is 11.5 Å². The lowest BCUT2D eigenvalue weighted by atomic mass is 10.2. The van der Waals surface area contributed by atoms with E-state index in [4.69, 9.17) is 11.6 Å². The first kappa shape index (κ1) is 12.5. The molecule has 0 spiro atoms. The summed E-state index contributed by atoms with van der Waals surface area (Å²) in [5.41, 5.74) is 1.93. The molecular formula is C14H12ClNO2. The quantitative estimate of drug-likeness (QED) is 0.808. The van der Waals surface area contributed by atoms with E-state index in [2.05, 4.69) is 4.99 Å². The Morgan fingerprint density at radius 2 is 1.83 bits per heavy atom. The number of phenols is 2. The topological polar surface area (TPSA) is 52.8 Å². The van der Waals surface area contributed by atoms with Crippen molar-refractivity contribution in [1.29, 1.82) is 0 Å². The summed E-state index contributed by atoms with van der Waals surface area (Å²) in [4.78, 5) is 4.18. The van der Waals surface area contributed by atoms with Gasteiger partial charge in [-0.05, 0) is 36.8 Å². The standard InChI is InChI=1S/C14H12ClNO2/c1-9-2-4-12(7-14(9)18)16-8-10-6-11(15)3-5-13(10)17/h2-8,17-18H,1H3. The Labute approximate surface area is 110 Å². The molecular weight excluding hydrogens is 250 g/mol. The van der Waals surface area contributed by atoms with Gasteiger partial charge in [0.1, 0.15) is 11.5 Å². The highest BCUT2D eigenvalue weighted by atomic mass is 35.5. The van der Waals surface area contributed by atoms with Crippen LogP contribution in [-0.2, 0) is 0 Å². The monoisotopic (exact) mass is 261 g/mol. The zero-order valence-corrected chi connectivity index (χ0v) is 10.5. The highest BCUT2D eigenvalue weighted by Gasteiger charge is 2.00. The number of benzene rings is 2. The van der Waals surface area contributed by atoms with E-state index in [1.54, 1.807) is 30.3 Å². The summed E-state index contributed by atoms with van der Waals surface area (Å²) in [6.45, 7) is 1.81. The molecule has 0 aliphatic rings. The molecule has 2 aromatic carbocycles. The van der Waals surface area contributed by atoms with Gasteiger partial charge in [-0.1, -0.05) is 17.7 Å². The predicted octanol–water partition coefficient (Wildman–Crippen LogP) is 3.81. The largest absolute Gasteiger partial charge is 0.508 e. The summed E-state index contributed by atoms with van der Waals surface area (Å²) in [5, 5.41) is 19.7. The van der Waals surface area contributed by atoms with Crippen LogP contribution in [0, 0.1) is 6.92 Å². The predicted molar refractivity (Wildman–Crippen MR) is 73.2 cm³/mol. The lowest BCUT2D eigenvalue weighted by Crippen LogP contribution is -1.82. The first-order valence-corrected chi connectivity index (χ1v) is 5.76. The van der Waals surface area contributed by atoms with Crippen LogP contribution < -0.4 is 0 Å². The molecule has 0 saturated heterocycles. The van der Waals surface area contributed by atoms with Gasteiger partial charge in [0.15, 0.2) is 0 Å². The third-order valence-corrected chi connectivity index (χ3v) is 2.77. The maximum atomic E-state index is 9.61. The smallest absolute Gasteiger partial charge is 0.124 e. The van der Waals surface area contributed by atoms with E-state index >= 15 is 0 Å². The van der Waals surface area contributed by atoms with Gasteiger partial charge in [0.05, 0.1) is 5.69 Å². The van der Waals surface area contributed by atoms with Crippen molar-refractivity contribution >= 4 is 23.5 Å². The Bertz CT molecular complexity index is 609. The first-order chi connectivity index (χ1) is 8.56. The van der Waals surface area contributed by atoms with Crippen molar-refractivity contribution in [2.24, 2.45) is 4.99 Å². The van der Waals surface area contributed by atoms with E-state index in [-0.39, 0.29) is 11.5 Å². The number of hydrogen-bond donors (Lipinski definition) is 2. The van der Waals surface area contributed by atoms with Gasteiger partial charge in [0.25, 0.3) is 0 Å². The lowest BCUT2D eigenvalue weighted by molar-refractivity contribution is 0.471. The van der Waals surface area contributed by atoms with Crippen LogP contribution in [-0.4, -0.2) is 16.4 Å². The van der Waals surface area contributed by atoms with Gasteiger partial charge in [0, 0.05) is 22.9 Å². The van der Waals surface area contributed by atoms with Crippen molar-refractivity contribution in [2.75, 3.05) is 0 Å². The minimum absolute atomic E-state index is 0.111. The molecule has 0 radical (unpaired) electrons. The first-order valence-electron chi connectivity index (χ1n) is 5.38. The van der Waals surface area contributed by atoms with Crippen molar-refractivity contribution in [3.63, 3.8) is 0 Å². The molecule has 0 aliphatic carbocycles. The fourth-order valence-electron chi connectivity index (χ4n) is 1.45. The number of aromatic hydroxyl groups is 2. The molecule has 0 saturated carbocycles. The second-order valence-corrected chi connectivity index (χ2v) is 4.37. The van der Waals surface area contributed by atoms with Crippen molar-refractivity contribution < 1.29 is 10.2 Å². The van der Waals surface area contributed by atoms with E-state index in [9.17, 15) is 10.2 Å². The molecule has 18 heavy (non-hydrogen) atoms. The maximum absolute atomic E-state index is 9.61. The van der Waals surface area contributed by atoms with E-state index in [0.29, 0.717) is 16.3 Å². The third-order valence-electron chi connectivity index (χ3n) is 2.54. The second kappa shape index (κ2) is 5.10. The Morgan fingerprint density at radius 1 is 1.06 bits per heavy atom.